The van der Waals surface area contributed by atoms with Crippen LogP contribution in [-0.4, -0.2) is 31.6 Å². The van der Waals surface area contributed by atoms with Crippen LogP contribution in [0.4, 0.5) is 5.82 Å². The van der Waals surface area contributed by atoms with Crippen molar-refractivity contribution >= 4 is 11.5 Å². The number of nitrogens with one attached hydrogen (secondary N) is 1. The largest absolute Gasteiger partial charge is 0.368 e. The number of anilines is 1. The first-order valence-electron chi connectivity index (χ1n) is 5.60. The summed E-state index contributed by atoms with van der Waals surface area (Å²) in [6.45, 7) is 3.23. The third kappa shape index (κ3) is 1.70. The van der Waals surface area contributed by atoms with E-state index in [1.807, 2.05) is 0 Å². The minimum atomic E-state index is 0.670. The first kappa shape index (κ1) is 9.50. The van der Waals surface area contributed by atoms with Gasteiger partial charge in [-0.15, -0.1) is 5.10 Å². The van der Waals surface area contributed by atoms with Gasteiger partial charge < -0.3 is 5.32 Å². The summed E-state index contributed by atoms with van der Waals surface area (Å²) in [5.41, 5.74) is 0.670. The number of hydrogen-bond acceptors (Lipinski definition) is 5. The Morgan fingerprint density at radius 1 is 1.50 bits per heavy atom. The molecule has 0 spiro atoms. The van der Waals surface area contributed by atoms with E-state index in [4.69, 9.17) is 0 Å². The molecule has 0 amide bonds. The number of nitrogens with zero attached hydrogens (tertiary/aromatic N) is 5. The molecule has 0 saturated heterocycles. The standard InChI is InChI=1S/C10H14N6/c1-7(8-2-3-8)4-12-9-5-11-6-10-13-14-15-16(9)10/h5-8,12H,2-4H2,1H3. The van der Waals surface area contributed by atoms with E-state index < -0.39 is 0 Å². The highest BCUT2D eigenvalue weighted by atomic mass is 15.5. The van der Waals surface area contributed by atoms with Crippen LogP contribution in [-0.2, 0) is 0 Å². The lowest BCUT2D eigenvalue weighted by Gasteiger charge is -2.12. The Morgan fingerprint density at radius 3 is 3.19 bits per heavy atom. The van der Waals surface area contributed by atoms with Gasteiger partial charge in [0.1, 0.15) is 5.82 Å². The van der Waals surface area contributed by atoms with Gasteiger partial charge in [-0.25, -0.2) is 0 Å². The van der Waals surface area contributed by atoms with Gasteiger partial charge in [0.05, 0.1) is 12.4 Å². The van der Waals surface area contributed by atoms with Gasteiger partial charge >= 0.3 is 0 Å². The second-order valence-corrected chi connectivity index (χ2v) is 4.44. The zero-order valence-corrected chi connectivity index (χ0v) is 9.17. The Kier molecular flexibility index (Phi) is 2.19. The Hall–Kier alpha value is -1.72. The minimum absolute atomic E-state index is 0.670. The molecule has 0 aliphatic heterocycles. The molecule has 0 aromatic carbocycles. The van der Waals surface area contributed by atoms with Crippen molar-refractivity contribution in [3.05, 3.63) is 12.4 Å². The van der Waals surface area contributed by atoms with Crippen LogP contribution in [0.1, 0.15) is 19.8 Å². The van der Waals surface area contributed by atoms with Crippen molar-refractivity contribution in [2.45, 2.75) is 19.8 Å². The summed E-state index contributed by atoms with van der Waals surface area (Å²) in [6, 6.07) is 0. The van der Waals surface area contributed by atoms with E-state index in [1.54, 1.807) is 16.9 Å². The molecular formula is C10H14N6. The summed E-state index contributed by atoms with van der Waals surface area (Å²) >= 11 is 0. The molecule has 1 N–H and O–H groups in total. The van der Waals surface area contributed by atoms with Crippen molar-refractivity contribution in [1.82, 2.24) is 25.0 Å². The molecule has 1 fully saturated rings. The first-order chi connectivity index (χ1) is 7.84. The molecule has 2 aromatic heterocycles. The first-order valence-corrected chi connectivity index (χ1v) is 5.60. The predicted octanol–water partition coefficient (Wildman–Crippen LogP) is 0.977. The zero-order valence-electron chi connectivity index (χ0n) is 9.17. The van der Waals surface area contributed by atoms with Crippen LogP contribution in [0.2, 0.25) is 0 Å². The van der Waals surface area contributed by atoms with Gasteiger partial charge in [-0.3, -0.25) is 4.98 Å². The summed E-state index contributed by atoms with van der Waals surface area (Å²) < 4.78 is 1.67. The lowest BCUT2D eigenvalue weighted by molar-refractivity contribution is 0.535. The summed E-state index contributed by atoms with van der Waals surface area (Å²) in [5.74, 6) is 2.45. The summed E-state index contributed by atoms with van der Waals surface area (Å²) in [4.78, 5) is 4.10. The van der Waals surface area contributed by atoms with Crippen molar-refractivity contribution in [3.8, 4) is 0 Å². The van der Waals surface area contributed by atoms with Crippen LogP contribution in [0.5, 0.6) is 0 Å². The zero-order chi connectivity index (χ0) is 11.0. The molecule has 0 bridgehead atoms. The van der Waals surface area contributed by atoms with Gasteiger partial charge in [0.25, 0.3) is 0 Å². The van der Waals surface area contributed by atoms with Gasteiger partial charge in [-0.1, -0.05) is 6.92 Å². The van der Waals surface area contributed by atoms with E-state index in [0.717, 1.165) is 18.3 Å². The predicted molar refractivity (Wildman–Crippen MR) is 59.0 cm³/mol. The van der Waals surface area contributed by atoms with Crippen LogP contribution < -0.4 is 5.32 Å². The molecule has 3 rings (SSSR count). The monoisotopic (exact) mass is 218 g/mol. The fraction of sp³-hybridized carbons (Fsp3) is 0.600. The molecule has 1 atom stereocenters. The van der Waals surface area contributed by atoms with E-state index in [0.29, 0.717) is 11.6 Å². The molecule has 1 aliphatic carbocycles. The topological polar surface area (TPSA) is 68.0 Å². The van der Waals surface area contributed by atoms with Crippen molar-refractivity contribution in [2.75, 3.05) is 11.9 Å². The van der Waals surface area contributed by atoms with Gasteiger partial charge in [0.15, 0.2) is 5.65 Å². The van der Waals surface area contributed by atoms with Crippen molar-refractivity contribution < 1.29 is 0 Å². The highest BCUT2D eigenvalue weighted by Gasteiger charge is 2.27. The summed E-state index contributed by atoms with van der Waals surface area (Å²) in [6.07, 6.45) is 6.14. The van der Waals surface area contributed by atoms with Crippen molar-refractivity contribution in [2.24, 2.45) is 11.8 Å². The lowest BCUT2D eigenvalue weighted by Crippen LogP contribution is -2.15. The molecule has 16 heavy (non-hydrogen) atoms. The van der Waals surface area contributed by atoms with E-state index >= 15 is 0 Å². The number of aromatic nitrogens is 5. The fourth-order valence-corrected chi connectivity index (χ4v) is 1.89. The Morgan fingerprint density at radius 2 is 2.38 bits per heavy atom. The average molecular weight is 218 g/mol. The maximum Gasteiger partial charge on any atom is 0.199 e. The van der Waals surface area contributed by atoms with E-state index in [1.165, 1.54) is 12.8 Å². The van der Waals surface area contributed by atoms with Crippen molar-refractivity contribution in [3.63, 3.8) is 0 Å². The number of fused-ring (bicyclic) bond motifs is 1. The quantitative estimate of drug-likeness (QED) is 0.828. The maximum atomic E-state index is 4.10. The Labute approximate surface area is 93.1 Å². The molecule has 84 valence electrons. The maximum absolute atomic E-state index is 4.10. The molecule has 1 unspecified atom stereocenters. The van der Waals surface area contributed by atoms with Gasteiger partial charge in [0.2, 0.25) is 0 Å². The van der Waals surface area contributed by atoms with Gasteiger partial charge in [-0.05, 0) is 35.1 Å². The van der Waals surface area contributed by atoms with E-state index in [-0.39, 0.29) is 0 Å². The Balaban J connectivity index is 1.75. The highest BCUT2D eigenvalue weighted by molar-refractivity contribution is 5.43. The second kappa shape index (κ2) is 3.70. The molecule has 6 heteroatoms. The molecule has 6 nitrogen and oxygen atoms in total. The van der Waals surface area contributed by atoms with Gasteiger partial charge in [-0.2, -0.15) is 4.52 Å². The smallest absolute Gasteiger partial charge is 0.199 e. The number of hydrogen-bond donors (Lipinski definition) is 1. The molecule has 1 saturated carbocycles. The lowest BCUT2D eigenvalue weighted by atomic mass is 10.1. The summed E-state index contributed by atoms with van der Waals surface area (Å²) in [5, 5.41) is 14.7. The molecule has 2 heterocycles. The number of rotatable bonds is 4. The average Bonchev–Trinajstić information content (AvgIpc) is 3.04. The molecule has 0 radical (unpaired) electrons. The van der Waals surface area contributed by atoms with Crippen LogP contribution in [0, 0.1) is 11.8 Å². The number of tetrazole rings is 1. The normalized spacial score (nSPS) is 17.6. The van der Waals surface area contributed by atoms with Crippen LogP contribution in [0.25, 0.3) is 5.65 Å². The highest BCUT2D eigenvalue weighted by Crippen LogP contribution is 2.36. The van der Waals surface area contributed by atoms with Crippen LogP contribution >= 0.6 is 0 Å². The van der Waals surface area contributed by atoms with Crippen molar-refractivity contribution in [1.29, 1.82) is 0 Å². The summed E-state index contributed by atoms with van der Waals surface area (Å²) in [7, 11) is 0. The molecular weight excluding hydrogens is 204 g/mol. The third-order valence-electron chi connectivity index (χ3n) is 3.14. The Bertz CT molecular complexity index is 489. The van der Waals surface area contributed by atoms with Gasteiger partial charge in [0, 0.05) is 6.54 Å². The SMILES string of the molecule is CC(CNc1cncc2nnnn12)C1CC1. The molecule has 2 aromatic rings. The fourth-order valence-electron chi connectivity index (χ4n) is 1.89. The minimum Gasteiger partial charge on any atom is -0.368 e. The molecule has 1 aliphatic rings. The third-order valence-corrected chi connectivity index (χ3v) is 3.14. The van der Waals surface area contributed by atoms with Crippen LogP contribution in [0.15, 0.2) is 12.4 Å². The van der Waals surface area contributed by atoms with E-state index in [9.17, 15) is 0 Å². The second-order valence-electron chi connectivity index (χ2n) is 4.44. The van der Waals surface area contributed by atoms with Crippen LogP contribution in [0.3, 0.4) is 0 Å². The van der Waals surface area contributed by atoms with E-state index in [2.05, 4.69) is 32.7 Å².